The number of aryl methyl sites for hydroxylation is 1. The third-order valence-electron chi connectivity index (χ3n) is 5.67. The van der Waals surface area contributed by atoms with Crippen molar-refractivity contribution in [3.63, 3.8) is 0 Å². The number of nitrogens with zero attached hydrogens (tertiary/aromatic N) is 7. The molecule has 0 aliphatic carbocycles. The van der Waals surface area contributed by atoms with Gasteiger partial charge >= 0.3 is 0 Å². The number of fused-ring (bicyclic) bond motifs is 2. The van der Waals surface area contributed by atoms with Gasteiger partial charge in [0.1, 0.15) is 16.9 Å². The fourth-order valence-corrected chi connectivity index (χ4v) is 3.82. The van der Waals surface area contributed by atoms with Gasteiger partial charge in [-0.2, -0.15) is 15.6 Å². The summed E-state index contributed by atoms with van der Waals surface area (Å²) >= 11 is 0. The molecule has 162 valence electrons. The predicted molar refractivity (Wildman–Crippen MR) is 116 cm³/mol. The Labute approximate surface area is 187 Å². The number of aromatic amines is 1. The molecule has 0 saturated carbocycles. The van der Waals surface area contributed by atoms with Crippen LogP contribution in [-0.2, 0) is 11.8 Å². The first-order chi connectivity index (χ1) is 16.0. The van der Waals surface area contributed by atoms with Crippen molar-refractivity contribution in [3.8, 4) is 23.5 Å². The second-order valence-electron chi connectivity index (χ2n) is 7.78. The van der Waals surface area contributed by atoms with Crippen LogP contribution in [0.3, 0.4) is 0 Å². The number of hydrogen-bond donors (Lipinski definition) is 2. The Morgan fingerprint density at radius 2 is 2.12 bits per heavy atom. The average molecular weight is 439 g/mol. The summed E-state index contributed by atoms with van der Waals surface area (Å²) in [7, 11) is 1.78. The van der Waals surface area contributed by atoms with E-state index in [2.05, 4.69) is 37.5 Å². The molecule has 11 heteroatoms. The summed E-state index contributed by atoms with van der Waals surface area (Å²) < 4.78 is 1.67. The average Bonchev–Trinajstić information content (AvgIpc) is 3.37. The molecule has 5 rings (SSSR count). The maximum absolute atomic E-state index is 12.7. The maximum atomic E-state index is 12.7. The minimum absolute atomic E-state index is 0.138. The van der Waals surface area contributed by atoms with Gasteiger partial charge in [-0.1, -0.05) is 0 Å². The number of rotatable bonds is 4. The Hall–Kier alpha value is -4.77. The number of carbonyl (C=O) groups is 2. The van der Waals surface area contributed by atoms with E-state index in [0.29, 0.717) is 41.2 Å². The molecule has 3 aromatic heterocycles. The molecule has 1 aliphatic rings. The number of H-pyrrole nitrogens is 1. The fraction of sp³-hybridized carbons (Fsp3) is 0.227. The molecule has 4 aromatic rings. The van der Waals surface area contributed by atoms with Gasteiger partial charge in [0.05, 0.1) is 47.4 Å². The van der Waals surface area contributed by atoms with E-state index < -0.39 is 5.91 Å². The van der Waals surface area contributed by atoms with Crippen molar-refractivity contribution in [2.75, 3.05) is 19.6 Å². The number of aromatic nitrogens is 5. The zero-order chi connectivity index (χ0) is 23.1. The fourth-order valence-electron chi connectivity index (χ4n) is 3.82. The van der Waals surface area contributed by atoms with Crippen molar-refractivity contribution < 1.29 is 9.59 Å². The minimum Gasteiger partial charge on any atom is -0.344 e. The first-order valence-corrected chi connectivity index (χ1v) is 10.2. The highest BCUT2D eigenvalue weighted by Crippen LogP contribution is 2.28. The Morgan fingerprint density at radius 1 is 1.30 bits per heavy atom. The molecule has 1 saturated heterocycles. The van der Waals surface area contributed by atoms with E-state index >= 15 is 0 Å². The van der Waals surface area contributed by atoms with Crippen molar-refractivity contribution >= 4 is 33.9 Å². The predicted octanol–water partition coefficient (Wildman–Crippen LogP) is 1.10. The maximum Gasteiger partial charge on any atom is 0.255 e. The van der Waals surface area contributed by atoms with Gasteiger partial charge < -0.3 is 15.2 Å². The zero-order valence-electron chi connectivity index (χ0n) is 17.5. The number of carbonyl (C=O) groups excluding carboxylic acids is 2. The lowest BCUT2D eigenvalue weighted by Crippen LogP contribution is -2.52. The quantitative estimate of drug-likeness (QED) is 0.482. The van der Waals surface area contributed by atoms with E-state index in [9.17, 15) is 9.59 Å². The third kappa shape index (κ3) is 3.42. The highest BCUT2D eigenvalue weighted by Gasteiger charge is 2.30. The van der Waals surface area contributed by atoms with E-state index in [-0.39, 0.29) is 23.9 Å². The van der Waals surface area contributed by atoms with Crippen molar-refractivity contribution in [3.05, 3.63) is 41.7 Å². The highest BCUT2D eigenvalue weighted by molar-refractivity contribution is 6.06. The first-order valence-electron chi connectivity index (χ1n) is 10.2. The summed E-state index contributed by atoms with van der Waals surface area (Å²) in [4.78, 5) is 38.3. The van der Waals surface area contributed by atoms with Crippen LogP contribution in [0.2, 0.25) is 0 Å². The van der Waals surface area contributed by atoms with Gasteiger partial charge in [0.2, 0.25) is 5.91 Å². The molecule has 1 fully saturated rings. The molecule has 1 aromatic carbocycles. The summed E-state index contributed by atoms with van der Waals surface area (Å²) in [6.45, 7) is 0.616. The zero-order valence-corrected chi connectivity index (χ0v) is 17.5. The van der Waals surface area contributed by atoms with Crippen LogP contribution in [-0.4, -0.2) is 61.1 Å². The van der Waals surface area contributed by atoms with Crippen LogP contribution in [0, 0.1) is 28.6 Å². The number of nitriles is 2. The van der Waals surface area contributed by atoms with E-state index in [4.69, 9.17) is 10.5 Å². The molecule has 0 bridgehead atoms. The molecule has 33 heavy (non-hydrogen) atoms. The largest absolute Gasteiger partial charge is 0.344 e. The van der Waals surface area contributed by atoms with E-state index in [1.165, 1.54) is 11.1 Å². The Balaban J connectivity index is 1.41. The number of hydrogen-bond acceptors (Lipinski definition) is 7. The number of nitrogens with one attached hydrogen (secondary N) is 2. The van der Waals surface area contributed by atoms with Gasteiger partial charge in [-0.15, -0.1) is 0 Å². The lowest BCUT2D eigenvalue weighted by atomic mass is 10.0. The van der Waals surface area contributed by atoms with Gasteiger partial charge in [0, 0.05) is 31.7 Å². The lowest BCUT2D eigenvalue weighted by Gasteiger charge is -2.35. The normalized spacial score (nSPS) is 13.5. The molecule has 0 spiro atoms. The second-order valence-corrected chi connectivity index (χ2v) is 7.78. The van der Waals surface area contributed by atoms with Crippen molar-refractivity contribution in [1.29, 1.82) is 10.5 Å². The van der Waals surface area contributed by atoms with Crippen LogP contribution in [0.1, 0.15) is 15.9 Å². The van der Waals surface area contributed by atoms with E-state index in [0.717, 1.165) is 10.9 Å². The lowest BCUT2D eigenvalue weighted by molar-refractivity contribution is -0.135. The first kappa shape index (κ1) is 20.2. The number of likely N-dealkylation sites (tertiary alicyclic amines) is 1. The van der Waals surface area contributed by atoms with E-state index in [1.807, 2.05) is 6.07 Å². The smallest absolute Gasteiger partial charge is 0.255 e. The molecule has 4 heterocycles. The summed E-state index contributed by atoms with van der Waals surface area (Å²) in [6, 6.07) is 9.50. The summed E-state index contributed by atoms with van der Waals surface area (Å²) in [6.07, 6.45) is 3.07. The minimum atomic E-state index is -0.456. The van der Waals surface area contributed by atoms with Gasteiger partial charge in [0.15, 0.2) is 5.65 Å². The van der Waals surface area contributed by atoms with Gasteiger partial charge in [-0.3, -0.25) is 14.3 Å². The molecule has 0 atom stereocenters. The van der Waals surface area contributed by atoms with Crippen LogP contribution >= 0.6 is 0 Å². The van der Waals surface area contributed by atoms with Crippen LogP contribution in [0.25, 0.3) is 33.5 Å². The van der Waals surface area contributed by atoms with Gasteiger partial charge in [-0.25, -0.2) is 9.97 Å². The van der Waals surface area contributed by atoms with Crippen LogP contribution in [0.5, 0.6) is 0 Å². The number of benzene rings is 1. The van der Waals surface area contributed by atoms with Crippen molar-refractivity contribution in [1.82, 2.24) is 34.9 Å². The second kappa shape index (κ2) is 7.73. The van der Waals surface area contributed by atoms with E-state index in [1.54, 1.807) is 30.1 Å². The number of amides is 2. The third-order valence-corrected chi connectivity index (χ3v) is 5.67. The summed E-state index contributed by atoms with van der Waals surface area (Å²) in [5, 5.41) is 25.9. The van der Waals surface area contributed by atoms with Crippen LogP contribution in [0.15, 0.2) is 30.6 Å². The molecule has 0 unspecified atom stereocenters. The standard InChI is InChI=1S/C22H17N9O2/c1-30-17-4-12(5-23)2-3-14(17)19(29-30)16-8-26-21-20(28-16)15(7-25-21)22(33)27-9-18(32)31-10-13(6-24)11-31/h2-4,7-8,13H,9-11H2,1H3,(H,25,26)(H,27,33). The summed E-state index contributed by atoms with van der Waals surface area (Å²) in [5.74, 6) is -0.831. The summed E-state index contributed by atoms with van der Waals surface area (Å²) in [5.41, 5.74) is 3.42. The molecular weight excluding hydrogens is 422 g/mol. The Morgan fingerprint density at radius 3 is 2.88 bits per heavy atom. The molecule has 11 nitrogen and oxygen atoms in total. The van der Waals surface area contributed by atoms with Crippen LogP contribution < -0.4 is 5.32 Å². The van der Waals surface area contributed by atoms with Gasteiger partial charge in [-0.05, 0) is 18.2 Å². The van der Waals surface area contributed by atoms with Crippen molar-refractivity contribution in [2.24, 2.45) is 13.0 Å². The van der Waals surface area contributed by atoms with Gasteiger partial charge in [0.25, 0.3) is 5.91 Å². The van der Waals surface area contributed by atoms with Crippen molar-refractivity contribution in [2.45, 2.75) is 0 Å². The monoisotopic (exact) mass is 439 g/mol. The van der Waals surface area contributed by atoms with Crippen LogP contribution in [0.4, 0.5) is 0 Å². The Kier molecular flexibility index (Phi) is 4.72. The molecule has 2 amide bonds. The molecule has 2 N–H and O–H groups in total. The molecular formula is C22H17N9O2. The topological polar surface area (TPSA) is 156 Å². The SMILES string of the molecule is Cn1nc(-c2cnc3[nH]cc(C(=O)NCC(=O)N4CC(C#N)C4)c3n2)c2ccc(C#N)cc21. The highest BCUT2D eigenvalue weighted by atomic mass is 16.2. The Bertz CT molecular complexity index is 1510. The molecule has 0 radical (unpaired) electrons. The molecule has 1 aliphatic heterocycles.